The van der Waals surface area contributed by atoms with Crippen LogP contribution in [0.4, 0.5) is 5.69 Å². The van der Waals surface area contributed by atoms with E-state index in [2.05, 4.69) is 0 Å². The molecule has 1 aromatic rings. The number of amides is 1. The first kappa shape index (κ1) is 28.2. The van der Waals surface area contributed by atoms with Gasteiger partial charge < -0.3 is 31.1 Å². The fourth-order valence-electron chi connectivity index (χ4n) is 7.60. The number of nitrogens with two attached hydrogens (primary N) is 1. The summed E-state index contributed by atoms with van der Waals surface area (Å²) in [7, 11) is 6.97. The second-order valence-corrected chi connectivity index (χ2v) is 12.3. The molecule has 4 atom stereocenters. The van der Waals surface area contributed by atoms with Crippen molar-refractivity contribution in [2.24, 2.45) is 23.5 Å². The number of Topliss-reactive ketones (excluding diaryl/α,β-unsaturated/α-hetero) is 2. The zero-order chi connectivity index (χ0) is 29.3. The molecular formula is C30H39N3O7. The number of aliphatic hydroxyl groups is 3. The van der Waals surface area contributed by atoms with Crippen LogP contribution in [0.5, 0.6) is 5.75 Å². The zero-order valence-corrected chi connectivity index (χ0v) is 23.5. The van der Waals surface area contributed by atoms with Crippen LogP contribution in [0.3, 0.4) is 0 Å². The van der Waals surface area contributed by atoms with Gasteiger partial charge in [0.25, 0.3) is 5.91 Å². The number of rotatable bonds is 6. The molecule has 10 heteroatoms. The summed E-state index contributed by atoms with van der Waals surface area (Å²) in [6, 6.07) is 0.926. The lowest BCUT2D eigenvalue weighted by atomic mass is 9.58. The molecule has 1 amide bonds. The van der Waals surface area contributed by atoms with Gasteiger partial charge in [-0.05, 0) is 68.8 Å². The van der Waals surface area contributed by atoms with Crippen LogP contribution in [-0.4, -0.2) is 82.6 Å². The maximum Gasteiger partial charge on any atom is 0.255 e. The van der Waals surface area contributed by atoms with E-state index >= 15 is 0 Å². The van der Waals surface area contributed by atoms with Crippen LogP contribution >= 0.6 is 0 Å². The number of phenolic OH excluding ortho intramolecular Hbond substituents is 1. The van der Waals surface area contributed by atoms with Crippen molar-refractivity contribution >= 4 is 23.2 Å². The number of allylic oxidation sites excluding steroid dienone is 1. The first-order chi connectivity index (χ1) is 18.8. The highest BCUT2D eigenvalue weighted by molar-refractivity contribution is 6.24. The highest BCUT2D eigenvalue weighted by Crippen LogP contribution is 2.53. The van der Waals surface area contributed by atoms with Crippen LogP contribution in [0, 0.1) is 17.8 Å². The molecule has 4 aliphatic carbocycles. The number of aliphatic hydroxyl groups excluding tert-OH is 2. The first-order valence-electron chi connectivity index (χ1n) is 14.0. The molecule has 216 valence electrons. The summed E-state index contributed by atoms with van der Waals surface area (Å²) >= 11 is 0. The van der Waals surface area contributed by atoms with Gasteiger partial charge >= 0.3 is 0 Å². The van der Waals surface area contributed by atoms with Crippen molar-refractivity contribution in [3.05, 3.63) is 45.4 Å². The van der Waals surface area contributed by atoms with E-state index in [1.165, 1.54) is 12.8 Å². The summed E-state index contributed by atoms with van der Waals surface area (Å²) in [5, 5.41) is 45.6. The number of anilines is 1. The van der Waals surface area contributed by atoms with Crippen LogP contribution in [0.1, 0.15) is 60.0 Å². The van der Waals surface area contributed by atoms with E-state index in [-0.39, 0.29) is 29.7 Å². The Balaban J connectivity index is 1.65. The third kappa shape index (κ3) is 4.03. The molecule has 1 fully saturated rings. The Kier molecular flexibility index (Phi) is 6.99. The summed E-state index contributed by atoms with van der Waals surface area (Å²) in [5.41, 5.74) is 4.00. The van der Waals surface area contributed by atoms with E-state index in [0.29, 0.717) is 23.5 Å². The van der Waals surface area contributed by atoms with Crippen molar-refractivity contribution in [2.45, 2.75) is 63.0 Å². The Labute approximate surface area is 233 Å². The fourth-order valence-corrected chi connectivity index (χ4v) is 7.60. The number of primary amides is 1. The van der Waals surface area contributed by atoms with Crippen LogP contribution < -0.4 is 10.6 Å². The highest BCUT2D eigenvalue weighted by atomic mass is 16.3. The van der Waals surface area contributed by atoms with Crippen LogP contribution in [0.15, 0.2) is 28.7 Å². The van der Waals surface area contributed by atoms with Gasteiger partial charge in [0, 0.05) is 31.3 Å². The summed E-state index contributed by atoms with van der Waals surface area (Å²) in [6.45, 7) is 0. The topological polar surface area (TPSA) is 165 Å². The maximum absolute atomic E-state index is 14.1. The Morgan fingerprint density at radius 2 is 1.75 bits per heavy atom. The van der Waals surface area contributed by atoms with Crippen molar-refractivity contribution < 1.29 is 34.8 Å². The van der Waals surface area contributed by atoms with Crippen molar-refractivity contribution in [3.8, 4) is 5.75 Å². The van der Waals surface area contributed by atoms with Gasteiger partial charge in [-0.3, -0.25) is 19.3 Å². The minimum atomic E-state index is -2.63. The quantitative estimate of drug-likeness (QED) is 0.332. The lowest BCUT2D eigenvalue weighted by Crippen LogP contribution is -2.63. The summed E-state index contributed by atoms with van der Waals surface area (Å²) in [5.74, 6) is -5.70. The van der Waals surface area contributed by atoms with Crippen LogP contribution in [0.25, 0.3) is 0 Å². The van der Waals surface area contributed by atoms with E-state index in [9.17, 15) is 34.8 Å². The van der Waals surface area contributed by atoms with Crippen molar-refractivity contribution in [1.29, 1.82) is 0 Å². The molecule has 0 heterocycles. The monoisotopic (exact) mass is 553 g/mol. The molecular weight excluding hydrogens is 514 g/mol. The maximum atomic E-state index is 14.1. The van der Waals surface area contributed by atoms with E-state index < -0.39 is 58.0 Å². The summed E-state index contributed by atoms with van der Waals surface area (Å²) in [6.07, 6.45) is 6.59. The smallest absolute Gasteiger partial charge is 0.255 e. The molecule has 5 rings (SSSR count). The molecule has 1 aromatic carbocycles. The number of likely N-dealkylation sites (N-methyl/N-ethyl adjacent to an activating group) is 1. The van der Waals surface area contributed by atoms with Crippen LogP contribution in [-0.2, 0) is 22.4 Å². The van der Waals surface area contributed by atoms with Gasteiger partial charge in [-0.15, -0.1) is 0 Å². The highest BCUT2D eigenvalue weighted by Gasteiger charge is 2.63. The molecule has 0 aliphatic heterocycles. The van der Waals surface area contributed by atoms with E-state index in [4.69, 9.17) is 5.73 Å². The number of ketones is 2. The molecule has 2 unspecified atom stereocenters. The minimum Gasteiger partial charge on any atom is -0.510 e. The number of carbonyl (C=O) groups excluding carboxylic acids is 3. The van der Waals surface area contributed by atoms with E-state index in [0.717, 1.165) is 24.9 Å². The van der Waals surface area contributed by atoms with Gasteiger partial charge in [0.1, 0.15) is 22.8 Å². The average Bonchev–Trinajstić information content (AvgIpc) is 3.39. The first-order valence-corrected chi connectivity index (χ1v) is 14.0. The van der Waals surface area contributed by atoms with Crippen molar-refractivity contribution in [3.63, 3.8) is 0 Å². The SMILES string of the molecule is CN(C)c1cc(CCC2CCCC2)c(O)c2c1CC1CC3[C@H](N(C)C)C(O)=C(C(N)=O)C(=O)[C@@]3(O)C(O)=C1C2=O. The lowest BCUT2D eigenvalue weighted by molar-refractivity contribution is -0.148. The molecule has 0 saturated heterocycles. The molecule has 6 N–H and O–H groups in total. The Morgan fingerprint density at radius 1 is 1.10 bits per heavy atom. The van der Waals surface area contributed by atoms with Gasteiger partial charge in [-0.25, -0.2) is 0 Å². The lowest BCUT2D eigenvalue weighted by Gasteiger charge is -2.50. The summed E-state index contributed by atoms with van der Waals surface area (Å²) in [4.78, 5) is 43.2. The second-order valence-electron chi connectivity index (χ2n) is 12.3. The van der Waals surface area contributed by atoms with E-state index in [1.807, 2.05) is 25.1 Å². The normalized spacial score (nSPS) is 28.6. The number of phenols is 1. The van der Waals surface area contributed by atoms with E-state index in [1.54, 1.807) is 19.0 Å². The number of carbonyl (C=O) groups is 3. The number of fused-ring (bicyclic) bond motifs is 3. The molecule has 0 bridgehead atoms. The second kappa shape index (κ2) is 9.92. The molecule has 0 spiro atoms. The molecule has 0 aromatic heterocycles. The van der Waals surface area contributed by atoms with Crippen molar-refractivity contribution in [2.75, 3.05) is 33.1 Å². The predicted molar refractivity (Wildman–Crippen MR) is 148 cm³/mol. The Bertz CT molecular complexity index is 1360. The van der Waals surface area contributed by atoms with Gasteiger partial charge in [0.2, 0.25) is 5.78 Å². The number of hydrogen-bond acceptors (Lipinski definition) is 9. The van der Waals surface area contributed by atoms with Gasteiger partial charge in [0.15, 0.2) is 11.4 Å². The molecule has 10 nitrogen and oxygen atoms in total. The molecule has 1 saturated carbocycles. The largest absolute Gasteiger partial charge is 0.510 e. The number of aryl methyl sites for hydroxylation is 1. The van der Waals surface area contributed by atoms with Gasteiger partial charge in [-0.2, -0.15) is 0 Å². The van der Waals surface area contributed by atoms with Gasteiger partial charge in [-0.1, -0.05) is 25.7 Å². The minimum absolute atomic E-state index is 0.0722. The molecule has 4 aliphatic rings. The predicted octanol–water partition coefficient (Wildman–Crippen LogP) is 2.31. The number of nitrogens with zero attached hydrogens (tertiary/aromatic N) is 2. The number of hydrogen-bond donors (Lipinski definition) is 5. The molecule has 40 heavy (non-hydrogen) atoms. The third-order valence-electron chi connectivity index (χ3n) is 9.56. The third-order valence-corrected chi connectivity index (χ3v) is 9.56. The van der Waals surface area contributed by atoms with Crippen molar-refractivity contribution in [1.82, 2.24) is 4.90 Å². The zero-order valence-electron chi connectivity index (χ0n) is 23.5. The summed E-state index contributed by atoms with van der Waals surface area (Å²) < 4.78 is 0. The molecule has 0 radical (unpaired) electrons. The average molecular weight is 554 g/mol. The number of aromatic hydroxyl groups is 1. The van der Waals surface area contributed by atoms with Crippen LogP contribution in [0.2, 0.25) is 0 Å². The standard InChI is InChI=1S/C30H39N3O7/c1-32(2)19-13-15(10-9-14-7-5-6-8-14)24(34)21-17(19)11-16-12-18-23(33(3)4)26(36)22(29(31)39)28(38)30(18,40)27(37)20(16)25(21)35/h13-14,16,18,23,34,36-37,40H,5-12H2,1-4H3,(H2,31,39)/t16?,18?,23-,30-/m0/s1. The Morgan fingerprint density at radius 3 is 2.33 bits per heavy atom. The number of benzene rings is 1. The fraction of sp³-hybridized carbons (Fsp3) is 0.567. The Hall–Kier alpha value is -3.37. The van der Waals surface area contributed by atoms with Gasteiger partial charge in [0.05, 0.1) is 11.6 Å².